The Morgan fingerprint density at radius 3 is 2.29 bits per heavy atom. The summed E-state index contributed by atoms with van der Waals surface area (Å²) in [6, 6.07) is -0.0311. The average molecular weight is 399 g/mol. The van der Waals surface area contributed by atoms with E-state index in [2.05, 4.69) is 9.97 Å². The van der Waals surface area contributed by atoms with Crippen molar-refractivity contribution in [3.05, 3.63) is 18.0 Å². The quantitative estimate of drug-likeness (QED) is 0.846. The van der Waals surface area contributed by atoms with E-state index in [1.165, 1.54) is 0 Å². The van der Waals surface area contributed by atoms with Gasteiger partial charge in [0.1, 0.15) is 6.10 Å². The second-order valence-corrected chi connectivity index (χ2v) is 8.87. The Morgan fingerprint density at radius 1 is 1.21 bits per heavy atom. The molecule has 1 N–H and O–H groups in total. The summed E-state index contributed by atoms with van der Waals surface area (Å²) in [7, 11) is 0. The molecule has 0 aromatic carbocycles. The van der Waals surface area contributed by atoms with Gasteiger partial charge in [-0.3, -0.25) is 4.79 Å². The third-order valence-corrected chi connectivity index (χ3v) is 6.31. The number of halogens is 3. The molecule has 0 unspecified atom stereocenters. The first-order valence-electron chi connectivity index (χ1n) is 9.62. The molecule has 0 atom stereocenters. The van der Waals surface area contributed by atoms with Crippen LogP contribution in [0.2, 0.25) is 0 Å². The second kappa shape index (κ2) is 6.57. The van der Waals surface area contributed by atoms with Crippen LogP contribution < -0.4 is 4.74 Å². The normalized spacial score (nSPS) is 29.9. The van der Waals surface area contributed by atoms with Gasteiger partial charge in [0.2, 0.25) is 5.91 Å². The number of hydrogen-bond donors (Lipinski definition) is 1. The Hall–Kier alpha value is -1.90. The van der Waals surface area contributed by atoms with Crippen molar-refractivity contribution >= 4 is 5.91 Å². The molecule has 0 bridgehead atoms. The lowest BCUT2D eigenvalue weighted by Gasteiger charge is -2.55. The number of likely N-dealkylation sites (tertiary alicyclic amines) is 1. The Bertz CT molecular complexity index is 727. The maximum atomic E-state index is 12.6. The van der Waals surface area contributed by atoms with Gasteiger partial charge >= 0.3 is 12.2 Å². The van der Waals surface area contributed by atoms with E-state index in [1.807, 2.05) is 4.90 Å². The topological polar surface area (TPSA) is 75.5 Å². The molecular weight excluding hydrogens is 375 g/mol. The number of rotatable bonds is 3. The number of alkyl halides is 3. The maximum absolute atomic E-state index is 12.6. The molecule has 9 heteroatoms. The van der Waals surface area contributed by atoms with Gasteiger partial charge in [-0.25, -0.2) is 9.97 Å². The Balaban J connectivity index is 1.23. The van der Waals surface area contributed by atoms with Crippen molar-refractivity contribution in [2.75, 3.05) is 13.1 Å². The molecule has 3 aliphatic rings. The van der Waals surface area contributed by atoms with Crippen molar-refractivity contribution in [2.45, 2.75) is 63.3 Å². The molecule has 2 saturated carbocycles. The monoisotopic (exact) mass is 399 g/mol. The van der Waals surface area contributed by atoms with Gasteiger partial charge in [0.05, 0.1) is 11.2 Å². The van der Waals surface area contributed by atoms with E-state index in [1.54, 1.807) is 6.92 Å². The standard InChI is InChI=1S/C19H24F3N3O3/c1-17(27)6-12(7-17)15(26)25-10-18(11-25)4-2-14(3-5-18)28-16-23-8-13(9-24-16)19(20,21)22/h8-9,12,14,27H,2-7,10-11H2,1H3. The van der Waals surface area contributed by atoms with E-state index in [0.29, 0.717) is 12.8 Å². The molecule has 3 fully saturated rings. The zero-order chi connectivity index (χ0) is 20.2. The Morgan fingerprint density at radius 2 is 1.79 bits per heavy atom. The van der Waals surface area contributed by atoms with Gasteiger partial charge in [0.25, 0.3) is 0 Å². The molecule has 2 aliphatic carbocycles. The summed E-state index contributed by atoms with van der Waals surface area (Å²) in [6.07, 6.45) is 1.33. The number of carbonyl (C=O) groups is 1. The maximum Gasteiger partial charge on any atom is 0.419 e. The van der Waals surface area contributed by atoms with Crippen molar-refractivity contribution in [3.63, 3.8) is 0 Å². The predicted molar refractivity (Wildman–Crippen MR) is 92.3 cm³/mol. The fourth-order valence-electron chi connectivity index (χ4n) is 4.66. The summed E-state index contributed by atoms with van der Waals surface area (Å²) < 4.78 is 43.3. The Labute approximate surface area is 161 Å². The van der Waals surface area contributed by atoms with Crippen LogP contribution in [0.3, 0.4) is 0 Å². The molecule has 1 saturated heterocycles. The van der Waals surface area contributed by atoms with Gasteiger partial charge in [-0.05, 0) is 45.4 Å². The van der Waals surface area contributed by atoms with Crippen molar-refractivity contribution in [1.29, 1.82) is 0 Å². The molecular formula is C19H24F3N3O3. The third kappa shape index (κ3) is 3.81. The predicted octanol–water partition coefficient (Wildman–Crippen LogP) is 2.81. The second-order valence-electron chi connectivity index (χ2n) is 8.87. The number of ether oxygens (including phenoxy) is 1. The molecule has 154 valence electrons. The van der Waals surface area contributed by atoms with Crippen LogP contribution >= 0.6 is 0 Å². The number of hydrogen-bond acceptors (Lipinski definition) is 5. The van der Waals surface area contributed by atoms with E-state index in [-0.39, 0.29) is 29.4 Å². The summed E-state index contributed by atoms with van der Waals surface area (Å²) in [5, 5.41) is 9.80. The first kappa shape index (κ1) is 19.4. The van der Waals surface area contributed by atoms with Crippen molar-refractivity contribution < 1.29 is 27.8 Å². The van der Waals surface area contributed by atoms with Crippen LogP contribution in [-0.2, 0) is 11.0 Å². The zero-order valence-corrected chi connectivity index (χ0v) is 15.7. The lowest BCUT2D eigenvalue weighted by molar-refractivity contribution is -0.164. The van der Waals surface area contributed by atoms with Gasteiger partial charge in [-0.2, -0.15) is 13.2 Å². The fourth-order valence-corrected chi connectivity index (χ4v) is 4.66. The average Bonchev–Trinajstić information content (AvgIpc) is 2.57. The van der Waals surface area contributed by atoms with Gasteiger partial charge in [0.15, 0.2) is 0 Å². The molecule has 6 nitrogen and oxygen atoms in total. The number of carbonyl (C=O) groups excluding carboxylic acids is 1. The molecule has 28 heavy (non-hydrogen) atoms. The highest BCUT2D eigenvalue weighted by atomic mass is 19.4. The van der Waals surface area contributed by atoms with Gasteiger partial charge in [-0.1, -0.05) is 0 Å². The smallest absolute Gasteiger partial charge is 0.419 e. The molecule has 1 amide bonds. The molecule has 4 rings (SSSR count). The summed E-state index contributed by atoms with van der Waals surface area (Å²) in [4.78, 5) is 21.6. The highest BCUT2D eigenvalue weighted by molar-refractivity contribution is 5.81. The van der Waals surface area contributed by atoms with Gasteiger partial charge < -0.3 is 14.7 Å². The van der Waals surface area contributed by atoms with Crippen LogP contribution in [0.15, 0.2) is 12.4 Å². The SMILES string of the molecule is CC1(O)CC(C(=O)N2CC3(CCC(Oc4ncc(C(F)(F)F)cn4)CC3)C2)C1. The fraction of sp³-hybridized carbons (Fsp3) is 0.737. The van der Waals surface area contributed by atoms with E-state index in [9.17, 15) is 23.1 Å². The summed E-state index contributed by atoms with van der Waals surface area (Å²) >= 11 is 0. The van der Waals surface area contributed by atoms with E-state index < -0.39 is 17.3 Å². The van der Waals surface area contributed by atoms with Crippen LogP contribution in [0.5, 0.6) is 6.01 Å². The Kier molecular flexibility index (Phi) is 4.56. The highest BCUT2D eigenvalue weighted by Crippen LogP contribution is 2.47. The first-order valence-corrected chi connectivity index (χ1v) is 9.62. The van der Waals surface area contributed by atoms with Crippen LogP contribution in [0.4, 0.5) is 13.2 Å². The van der Waals surface area contributed by atoms with Crippen molar-refractivity contribution in [1.82, 2.24) is 14.9 Å². The molecule has 1 aromatic heterocycles. The largest absolute Gasteiger partial charge is 0.460 e. The zero-order valence-electron chi connectivity index (χ0n) is 15.7. The summed E-state index contributed by atoms with van der Waals surface area (Å²) in [6.45, 7) is 3.25. The lowest BCUT2D eigenvalue weighted by atomic mass is 9.66. The number of aliphatic hydroxyl groups is 1. The molecule has 1 aromatic rings. The molecule has 1 aliphatic heterocycles. The highest BCUT2D eigenvalue weighted by Gasteiger charge is 2.51. The van der Waals surface area contributed by atoms with Crippen LogP contribution in [0.1, 0.15) is 51.0 Å². The summed E-state index contributed by atoms with van der Waals surface area (Å²) in [5.41, 5.74) is -1.46. The molecule has 1 spiro atoms. The van der Waals surface area contributed by atoms with Crippen LogP contribution in [0, 0.1) is 11.3 Å². The van der Waals surface area contributed by atoms with E-state index in [4.69, 9.17) is 4.74 Å². The van der Waals surface area contributed by atoms with Crippen LogP contribution in [0.25, 0.3) is 0 Å². The number of aromatic nitrogens is 2. The van der Waals surface area contributed by atoms with Gasteiger partial charge in [-0.15, -0.1) is 0 Å². The molecule has 2 heterocycles. The number of nitrogens with zero attached hydrogens (tertiary/aromatic N) is 3. The minimum atomic E-state index is -4.46. The minimum Gasteiger partial charge on any atom is -0.460 e. The van der Waals surface area contributed by atoms with Gasteiger partial charge in [0, 0.05) is 36.8 Å². The molecule has 0 radical (unpaired) electrons. The van der Waals surface area contributed by atoms with Crippen molar-refractivity contribution in [2.24, 2.45) is 11.3 Å². The number of amides is 1. The van der Waals surface area contributed by atoms with E-state index >= 15 is 0 Å². The lowest BCUT2D eigenvalue weighted by Crippen LogP contribution is -2.63. The summed E-state index contributed by atoms with van der Waals surface area (Å²) in [5.74, 6) is 0.0949. The first-order chi connectivity index (χ1) is 13.1. The van der Waals surface area contributed by atoms with E-state index in [0.717, 1.165) is 51.2 Å². The van der Waals surface area contributed by atoms with Crippen molar-refractivity contribution in [3.8, 4) is 6.01 Å². The third-order valence-electron chi connectivity index (χ3n) is 6.31. The minimum absolute atomic E-state index is 0.0311. The van der Waals surface area contributed by atoms with Crippen LogP contribution in [-0.4, -0.2) is 50.7 Å².